The molecule has 1 unspecified atom stereocenters. The highest BCUT2D eigenvalue weighted by atomic mass is 19.1. The fourth-order valence-electron chi connectivity index (χ4n) is 1.91. The number of ether oxygens (including phenoxy) is 2. The van der Waals surface area contributed by atoms with Gasteiger partial charge in [-0.25, -0.2) is 4.39 Å². The molecule has 0 spiro atoms. The molecule has 0 bridgehead atoms. The van der Waals surface area contributed by atoms with E-state index in [9.17, 15) is 4.39 Å². The number of nitrogens with two attached hydrogens (primary N) is 1. The van der Waals surface area contributed by atoms with E-state index < -0.39 is 5.82 Å². The quantitative estimate of drug-likeness (QED) is 0.888. The molecule has 112 valence electrons. The van der Waals surface area contributed by atoms with E-state index in [1.807, 2.05) is 19.1 Å². The first-order valence-electron chi connectivity index (χ1n) is 6.74. The van der Waals surface area contributed by atoms with E-state index in [4.69, 9.17) is 15.2 Å². The van der Waals surface area contributed by atoms with Gasteiger partial charge in [0.25, 0.3) is 0 Å². The Kier molecular flexibility index (Phi) is 5.11. The van der Waals surface area contributed by atoms with Crippen LogP contribution in [0.1, 0.15) is 18.2 Å². The third-order valence-electron chi connectivity index (χ3n) is 2.95. The minimum atomic E-state index is -0.399. The van der Waals surface area contributed by atoms with Crippen molar-refractivity contribution in [3.8, 4) is 11.5 Å². The van der Waals surface area contributed by atoms with Crippen LogP contribution in [0.5, 0.6) is 11.5 Å². The van der Waals surface area contributed by atoms with Gasteiger partial charge in [0, 0.05) is 18.2 Å². The number of benzene rings is 1. The Morgan fingerprint density at radius 2 is 2.10 bits per heavy atom. The van der Waals surface area contributed by atoms with Crippen molar-refractivity contribution in [3.05, 3.63) is 53.6 Å². The number of aromatic nitrogens is 1. The summed E-state index contributed by atoms with van der Waals surface area (Å²) < 4.78 is 24.0. The van der Waals surface area contributed by atoms with Gasteiger partial charge in [-0.15, -0.1) is 0 Å². The second-order valence-electron chi connectivity index (χ2n) is 4.92. The number of pyridine rings is 1. The zero-order valence-corrected chi connectivity index (χ0v) is 12.2. The minimum Gasteiger partial charge on any atom is -0.494 e. The van der Waals surface area contributed by atoms with Crippen molar-refractivity contribution >= 4 is 0 Å². The lowest BCUT2D eigenvalue weighted by molar-refractivity contribution is 0.303. The predicted octanol–water partition coefficient (Wildman–Crippen LogP) is 2.70. The lowest BCUT2D eigenvalue weighted by atomic mass is 10.2. The highest BCUT2D eigenvalue weighted by molar-refractivity contribution is 5.29. The average molecular weight is 290 g/mol. The highest BCUT2D eigenvalue weighted by Crippen LogP contribution is 2.19. The zero-order valence-electron chi connectivity index (χ0n) is 12.2. The highest BCUT2D eigenvalue weighted by Gasteiger charge is 2.05. The summed E-state index contributed by atoms with van der Waals surface area (Å²) >= 11 is 0. The van der Waals surface area contributed by atoms with E-state index in [1.54, 1.807) is 18.3 Å². The van der Waals surface area contributed by atoms with Crippen LogP contribution in [0.25, 0.3) is 0 Å². The van der Waals surface area contributed by atoms with Crippen LogP contribution in [-0.4, -0.2) is 18.1 Å². The summed E-state index contributed by atoms with van der Waals surface area (Å²) in [4.78, 5) is 4.28. The fourth-order valence-corrected chi connectivity index (χ4v) is 1.91. The summed E-state index contributed by atoms with van der Waals surface area (Å²) in [5, 5.41) is 0. The second-order valence-corrected chi connectivity index (χ2v) is 4.92. The van der Waals surface area contributed by atoms with Crippen LogP contribution >= 0.6 is 0 Å². The Bertz CT molecular complexity index is 585. The molecule has 2 rings (SSSR count). The number of halogens is 1. The number of hydrogen-bond acceptors (Lipinski definition) is 4. The molecule has 1 atom stereocenters. The van der Waals surface area contributed by atoms with Gasteiger partial charge < -0.3 is 15.2 Å². The lowest BCUT2D eigenvalue weighted by Gasteiger charge is -2.09. The molecule has 1 heterocycles. The Hall–Kier alpha value is -2.14. The Morgan fingerprint density at radius 1 is 1.29 bits per heavy atom. The number of methoxy groups -OCH3 is 1. The standard InChI is InChI=1S/C16H19FN2O2/c1-11(18)7-13-4-5-14(9-19-13)21-10-12-3-6-16(20-2)15(17)8-12/h3-6,8-9,11H,7,10,18H2,1-2H3. The third-order valence-corrected chi connectivity index (χ3v) is 2.95. The van der Waals surface area contributed by atoms with Crippen LogP contribution in [0.3, 0.4) is 0 Å². The number of nitrogens with zero attached hydrogens (tertiary/aromatic N) is 1. The van der Waals surface area contributed by atoms with Gasteiger partial charge in [-0.05, 0) is 36.8 Å². The molecule has 2 aromatic rings. The van der Waals surface area contributed by atoms with Crippen molar-refractivity contribution < 1.29 is 13.9 Å². The third kappa shape index (κ3) is 4.43. The molecule has 0 aliphatic carbocycles. The zero-order chi connectivity index (χ0) is 15.2. The second kappa shape index (κ2) is 7.04. The first-order chi connectivity index (χ1) is 10.1. The van der Waals surface area contributed by atoms with Crippen molar-refractivity contribution in [2.75, 3.05) is 7.11 Å². The van der Waals surface area contributed by atoms with Crippen molar-refractivity contribution in [3.63, 3.8) is 0 Å². The van der Waals surface area contributed by atoms with Crippen molar-refractivity contribution in [1.82, 2.24) is 4.98 Å². The van der Waals surface area contributed by atoms with Crippen molar-refractivity contribution in [2.24, 2.45) is 5.73 Å². The molecule has 2 N–H and O–H groups in total. The molecule has 21 heavy (non-hydrogen) atoms. The molecule has 1 aromatic carbocycles. The molecule has 1 aromatic heterocycles. The molecule has 4 nitrogen and oxygen atoms in total. The molecule has 0 amide bonds. The van der Waals surface area contributed by atoms with Crippen LogP contribution < -0.4 is 15.2 Å². The van der Waals surface area contributed by atoms with E-state index in [2.05, 4.69) is 4.98 Å². The Balaban J connectivity index is 1.95. The van der Waals surface area contributed by atoms with Crippen molar-refractivity contribution in [2.45, 2.75) is 26.0 Å². The fraction of sp³-hybridized carbons (Fsp3) is 0.312. The van der Waals surface area contributed by atoms with Gasteiger partial charge in [0.05, 0.1) is 13.3 Å². The van der Waals surface area contributed by atoms with Crippen LogP contribution in [0, 0.1) is 5.82 Å². The van der Waals surface area contributed by atoms with Gasteiger partial charge in [0.15, 0.2) is 11.6 Å². The van der Waals surface area contributed by atoms with Crippen LogP contribution in [0.15, 0.2) is 36.5 Å². The summed E-state index contributed by atoms with van der Waals surface area (Å²) in [6.45, 7) is 2.21. The smallest absolute Gasteiger partial charge is 0.165 e. The Labute approximate surface area is 123 Å². The molecule has 0 saturated heterocycles. The monoisotopic (exact) mass is 290 g/mol. The van der Waals surface area contributed by atoms with Crippen molar-refractivity contribution in [1.29, 1.82) is 0 Å². The summed E-state index contributed by atoms with van der Waals surface area (Å²) in [5.41, 5.74) is 7.37. The molecule has 0 aliphatic heterocycles. The summed E-state index contributed by atoms with van der Waals surface area (Å²) in [7, 11) is 1.43. The number of hydrogen-bond donors (Lipinski definition) is 1. The van der Waals surface area contributed by atoms with E-state index in [0.29, 0.717) is 5.75 Å². The summed E-state index contributed by atoms with van der Waals surface area (Å²) in [6, 6.07) is 8.54. The van der Waals surface area contributed by atoms with E-state index >= 15 is 0 Å². The molecular weight excluding hydrogens is 271 g/mol. The van der Waals surface area contributed by atoms with E-state index in [0.717, 1.165) is 17.7 Å². The van der Waals surface area contributed by atoms with Gasteiger partial charge in [-0.2, -0.15) is 0 Å². The maximum absolute atomic E-state index is 13.5. The van der Waals surface area contributed by atoms with Crippen LogP contribution in [0.4, 0.5) is 4.39 Å². The van der Waals surface area contributed by atoms with Gasteiger partial charge in [-0.3, -0.25) is 4.98 Å². The SMILES string of the molecule is COc1ccc(COc2ccc(CC(C)N)nc2)cc1F. The van der Waals surface area contributed by atoms with E-state index in [-0.39, 0.29) is 18.4 Å². The van der Waals surface area contributed by atoms with E-state index in [1.165, 1.54) is 13.2 Å². The van der Waals surface area contributed by atoms with Crippen LogP contribution in [0.2, 0.25) is 0 Å². The summed E-state index contributed by atoms with van der Waals surface area (Å²) in [5.74, 6) is 0.462. The summed E-state index contributed by atoms with van der Waals surface area (Å²) in [6.07, 6.45) is 2.38. The minimum absolute atomic E-state index is 0.0755. The molecular formula is C16H19FN2O2. The topological polar surface area (TPSA) is 57.4 Å². The van der Waals surface area contributed by atoms with Gasteiger partial charge >= 0.3 is 0 Å². The average Bonchev–Trinajstić information content (AvgIpc) is 2.46. The van der Waals surface area contributed by atoms with Gasteiger partial charge in [0.1, 0.15) is 12.4 Å². The molecule has 0 aliphatic rings. The first-order valence-corrected chi connectivity index (χ1v) is 6.74. The van der Waals surface area contributed by atoms with Crippen LogP contribution in [-0.2, 0) is 13.0 Å². The molecule has 0 saturated carbocycles. The number of rotatable bonds is 6. The largest absolute Gasteiger partial charge is 0.494 e. The molecule has 0 fully saturated rings. The van der Waals surface area contributed by atoms with Gasteiger partial charge in [-0.1, -0.05) is 6.07 Å². The maximum Gasteiger partial charge on any atom is 0.165 e. The normalized spacial score (nSPS) is 12.0. The predicted molar refractivity (Wildman–Crippen MR) is 78.9 cm³/mol. The first kappa shape index (κ1) is 15.3. The maximum atomic E-state index is 13.5. The Morgan fingerprint density at radius 3 is 2.67 bits per heavy atom. The molecule has 0 radical (unpaired) electrons. The molecule has 5 heteroatoms. The lowest BCUT2D eigenvalue weighted by Crippen LogP contribution is -2.18. The van der Waals surface area contributed by atoms with Gasteiger partial charge in [0.2, 0.25) is 0 Å².